The van der Waals surface area contributed by atoms with Gasteiger partial charge in [0.05, 0.1) is 12.2 Å². The standard InChI is InChI=1S/C12H14F3NO2/c1-18-7-11(17,8-2-3-8)10-6-16-5-4-9(10)12(13,14)15/h4-6,8,17H,2-3,7H2,1H3. The Balaban J connectivity index is 2.48. The van der Waals surface area contributed by atoms with Gasteiger partial charge in [0.15, 0.2) is 0 Å². The Bertz CT molecular complexity index is 432. The van der Waals surface area contributed by atoms with Gasteiger partial charge in [0, 0.05) is 25.1 Å². The maximum atomic E-state index is 12.9. The molecular formula is C12H14F3NO2. The number of halogens is 3. The second-order valence-corrected chi connectivity index (χ2v) is 4.55. The molecule has 6 heteroatoms. The number of rotatable bonds is 4. The molecule has 1 fully saturated rings. The molecule has 3 nitrogen and oxygen atoms in total. The van der Waals surface area contributed by atoms with Crippen LogP contribution in [0.5, 0.6) is 0 Å². The van der Waals surface area contributed by atoms with Crippen LogP contribution in [0.2, 0.25) is 0 Å². The summed E-state index contributed by atoms with van der Waals surface area (Å²) < 4.78 is 43.7. The molecule has 1 aliphatic rings. The van der Waals surface area contributed by atoms with Gasteiger partial charge in [-0.15, -0.1) is 0 Å². The van der Waals surface area contributed by atoms with E-state index >= 15 is 0 Å². The third kappa shape index (κ3) is 2.35. The molecule has 0 aliphatic heterocycles. The highest BCUT2D eigenvalue weighted by atomic mass is 19.4. The van der Waals surface area contributed by atoms with Gasteiger partial charge in [0.1, 0.15) is 5.60 Å². The first-order valence-electron chi connectivity index (χ1n) is 5.62. The number of nitrogens with zero attached hydrogens (tertiary/aromatic N) is 1. The average molecular weight is 261 g/mol. The van der Waals surface area contributed by atoms with Crippen LogP contribution in [0.15, 0.2) is 18.5 Å². The van der Waals surface area contributed by atoms with Crippen LogP contribution in [-0.4, -0.2) is 23.8 Å². The van der Waals surface area contributed by atoms with Gasteiger partial charge in [-0.05, 0) is 24.8 Å². The van der Waals surface area contributed by atoms with Gasteiger partial charge in [0.25, 0.3) is 0 Å². The molecular weight excluding hydrogens is 247 g/mol. The first-order valence-corrected chi connectivity index (χ1v) is 5.62. The summed E-state index contributed by atoms with van der Waals surface area (Å²) in [5, 5.41) is 10.5. The van der Waals surface area contributed by atoms with Crippen molar-refractivity contribution >= 4 is 0 Å². The maximum Gasteiger partial charge on any atom is 0.416 e. The molecule has 1 atom stereocenters. The Labute approximate surface area is 103 Å². The zero-order valence-corrected chi connectivity index (χ0v) is 9.87. The Morgan fingerprint density at radius 1 is 1.39 bits per heavy atom. The first kappa shape index (κ1) is 13.3. The molecule has 0 spiro atoms. The minimum absolute atomic E-state index is 0.160. The number of alkyl halides is 3. The quantitative estimate of drug-likeness (QED) is 0.904. The summed E-state index contributed by atoms with van der Waals surface area (Å²) in [6.07, 6.45) is -0.945. The fourth-order valence-corrected chi connectivity index (χ4v) is 2.18. The minimum Gasteiger partial charge on any atom is -0.382 e. The number of methoxy groups -OCH3 is 1. The van der Waals surface area contributed by atoms with E-state index < -0.39 is 17.3 Å². The van der Waals surface area contributed by atoms with Crippen LogP contribution in [0.25, 0.3) is 0 Å². The highest BCUT2D eigenvalue weighted by Crippen LogP contribution is 2.48. The van der Waals surface area contributed by atoms with E-state index in [9.17, 15) is 18.3 Å². The zero-order chi connectivity index (χ0) is 13.4. The molecule has 1 unspecified atom stereocenters. The van der Waals surface area contributed by atoms with Crippen molar-refractivity contribution in [1.82, 2.24) is 4.98 Å². The van der Waals surface area contributed by atoms with Gasteiger partial charge in [-0.2, -0.15) is 13.2 Å². The van der Waals surface area contributed by atoms with Crippen LogP contribution in [-0.2, 0) is 16.5 Å². The van der Waals surface area contributed by atoms with Crippen molar-refractivity contribution in [2.45, 2.75) is 24.6 Å². The van der Waals surface area contributed by atoms with Crippen molar-refractivity contribution in [3.63, 3.8) is 0 Å². The highest BCUT2D eigenvalue weighted by Gasteiger charge is 2.49. The number of hydrogen-bond acceptors (Lipinski definition) is 3. The summed E-state index contributed by atoms with van der Waals surface area (Å²) in [7, 11) is 1.36. The summed E-state index contributed by atoms with van der Waals surface area (Å²) in [4.78, 5) is 3.70. The topological polar surface area (TPSA) is 42.4 Å². The van der Waals surface area contributed by atoms with Crippen LogP contribution in [0.4, 0.5) is 13.2 Å². The maximum absolute atomic E-state index is 12.9. The second-order valence-electron chi connectivity index (χ2n) is 4.55. The molecule has 0 bridgehead atoms. The number of pyridine rings is 1. The molecule has 0 aromatic carbocycles. The predicted octanol–water partition coefficient (Wildman–Crippen LogP) is 2.34. The van der Waals surface area contributed by atoms with E-state index in [2.05, 4.69) is 4.98 Å². The number of ether oxygens (including phenoxy) is 1. The van der Waals surface area contributed by atoms with Crippen molar-refractivity contribution < 1.29 is 23.0 Å². The molecule has 1 aliphatic carbocycles. The summed E-state index contributed by atoms with van der Waals surface area (Å²) in [5.41, 5.74) is -2.64. The van der Waals surface area contributed by atoms with Gasteiger partial charge in [-0.25, -0.2) is 0 Å². The Hall–Kier alpha value is -1.14. The van der Waals surface area contributed by atoms with Crippen molar-refractivity contribution in [3.05, 3.63) is 29.6 Å². The fraction of sp³-hybridized carbons (Fsp3) is 0.583. The molecule has 100 valence electrons. The molecule has 0 amide bonds. The molecule has 0 saturated heterocycles. The Morgan fingerprint density at radius 2 is 2.06 bits per heavy atom. The molecule has 1 heterocycles. The molecule has 1 N–H and O–H groups in total. The predicted molar refractivity (Wildman–Crippen MR) is 57.7 cm³/mol. The number of aliphatic hydroxyl groups is 1. The third-order valence-electron chi connectivity index (χ3n) is 3.21. The molecule has 1 saturated carbocycles. The lowest BCUT2D eigenvalue weighted by atomic mass is 9.87. The van der Waals surface area contributed by atoms with E-state index in [-0.39, 0.29) is 18.1 Å². The van der Waals surface area contributed by atoms with Gasteiger partial charge in [-0.3, -0.25) is 4.98 Å². The first-order chi connectivity index (χ1) is 8.39. The molecule has 1 aromatic heterocycles. The van der Waals surface area contributed by atoms with Crippen LogP contribution in [0, 0.1) is 5.92 Å². The lowest BCUT2D eigenvalue weighted by Crippen LogP contribution is -2.36. The Morgan fingerprint density at radius 3 is 2.56 bits per heavy atom. The van der Waals surface area contributed by atoms with Gasteiger partial charge in [0.2, 0.25) is 0 Å². The molecule has 0 radical (unpaired) electrons. The minimum atomic E-state index is -4.51. The van der Waals surface area contributed by atoms with Crippen LogP contribution in [0.3, 0.4) is 0 Å². The molecule has 1 aromatic rings. The summed E-state index contributed by atoms with van der Waals surface area (Å²) >= 11 is 0. The molecule has 2 rings (SSSR count). The van der Waals surface area contributed by atoms with E-state index in [1.54, 1.807) is 0 Å². The van der Waals surface area contributed by atoms with E-state index in [1.165, 1.54) is 7.11 Å². The third-order valence-corrected chi connectivity index (χ3v) is 3.21. The zero-order valence-electron chi connectivity index (χ0n) is 9.87. The number of hydrogen-bond donors (Lipinski definition) is 1. The van der Waals surface area contributed by atoms with Crippen LogP contribution >= 0.6 is 0 Å². The van der Waals surface area contributed by atoms with Crippen LogP contribution < -0.4 is 0 Å². The summed E-state index contributed by atoms with van der Waals surface area (Å²) in [6.45, 7) is -0.160. The average Bonchev–Trinajstić information content (AvgIpc) is 3.12. The fourth-order valence-electron chi connectivity index (χ4n) is 2.18. The van der Waals surface area contributed by atoms with Crippen LogP contribution in [0.1, 0.15) is 24.0 Å². The molecule has 18 heavy (non-hydrogen) atoms. The van der Waals surface area contributed by atoms with Gasteiger partial charge in [-0.1, -0.05) is 0 Å². The largest absolute Gasteiger partial charge is 0.416 e. The van der Waals surface area contributed by atoms with Crippen molar-refractivity contribution in [2.75, 3.05) is 13.7 Å². The normalized spacial score (nSPS) is 19.6. The van der Waals surface area contributed by atoms with E-state index in [0.29, 0.717) is 12.8 Å². The lowest BCUT2D eigenvalue weighted by Gasteiger charge is -2.30. The van der Waals surface area contributed by atoms with Gasteiger partial charge < -0.3 is 9.84 Å². The SMILES string of the molecule is COCC(O)(c1cnccc1C(F)(F)F)C1CC1. The number of aromatic nitrogens is 1. The highest BCUT2D eigenvalue weighted by molar-refractivity contribution is 5.33. The van der Waals surface area contributed by atoms with Crippen molar-refractivity contribution in [1.29, 1.82) is 0 Å². The van der Waals surface area contributed by atoms with Crippen molar-refractivity contribution in [2.24, 2.45) is 5.92 Å². The van der Waals surface area contributed by atoms with Crippen molar-refractivity contribution in [3.8, 4) is 0 Å². The smallest absolute Gasteiger partial charge is 0.382 e. The van der Waals surface area contributed by atoms with Gasteiger partial charge >= 0.3 is 6.18 Å². The summed E-state index contributed by atoms with van der Waals surface area (Å²) in [5.74, 6) is -0.192. The Kier molecular flexibility index (Phi) is 3.33. The summed E-state index contributed by atoms with van der Waals surface area (Å²) in [6, 6.07) is 0.887. The lowest BCUT2D eigenvalue weighted by molar-refractivity contribution is -0.143. The van der Waals surface area contributed by atoms with E-state index in [0.717, 1.165) is 18.5 Å². The van der Waals surface area contributed by atoms with E-state index in [4.69, 9.17) is 4.74 Å². The van der Waals surface area contributed by atoms with E-state index in [1.807, 2.05) is 0 Å². The monoisotopic (exact) mass is 261 g/mol. The second kappa shape index (κ2) is 4.51.